The number of nitro groups is 1. The molecule has 0 aliphatic carbocycles. The van der Waals surface area contributed by atoms with Crippen LogP contribution in [0.1, 0.15) is 12.8 Å². The normalized spacial score (nSPS) is 15.5. The standard InChI is InChI=1S/C12H14N4O2/c1-14-10-7-11(15-4-2-3-5-15)12(16(17)18)6-9(10)8-13-14/h6-8H,2-5H2,1H3. The van der Waals surface area contributed by atoms with Gasteiger partial charge in [0.15, 0.2) is 0 Å². The molecule has 1 aromatic carbocycles. The Morgan fingerprint density at radius 3 is 2.72 bits per heavy atom. The first kappa shape index (κ1) is 11.0. The predicted octanol–water partition coefficient (Wildman–Crippen LogP) is 2.08. The lowest BCUT2D eigenvalue weighted by Crippen LogP contribution is -2.19. The van der Waals surface area contributed by atoms with Crippen molar-refractivity contribution in [1.82, 2.24) is 9.78 Å². The van der Waals surface area contributed by atoms with Gasteiger partial charge in [-0.15, -0.1) is 0 Å². The van der Waals surface area contributed by atoms with E-state index in [2.05, 4.69) is 10.00 Å². The van der Waals surface area contributed by atoms with Crippen LogP contribution >= 0.6 is 0 Å². The molecule has 6 nitrogen and oxygen atoms in total. The van der Waals surface area contributed by atoms with E-state index in [0.717, 1.165) is 36.8 Å². The number of aryl methyl sites for hydroxylation is 1. The van der Waals surface area contributed by atoms with Crippen molar-refractivity contribution < 1.29 is 4.92 Å². The zero-order chi connectivity index (χ0) is 12.7. The Hall–Kier alpha value is -2.11. The Labute approximate surface area is 104 Å². The van der Waals surface area contributed by atoms with Gasteiger partial charge in [0.25, 0.3) is 5.69 Å². The molecule has 1 fully saturated rings. The van der Waals surface area contributed by atoms with E-state index in [4.69, 9.17) is 0 Å². The summed E-state index contributed by atoms with van der Waals surface area (Å²) in [5.74, 6) is 0. The lowest BCUT2D eigenvalue weighted by molar-refractivity contribution is -0.384. The van der Waals surface area contributed by atoms with Crippen molar-refractivity contribution in [2.75, 3.05) is 18.0 Å². The molecule has 0 bridgehead atoms. The third kappa shape index (κ3) is 1.61. The highest BCUT2D eigenvalue weighted by Crippen LogP contribution is 2.34. The number of fused-ring (bicyclic) bond motifs is 1. The Morgan fingerprint density at radius 1 is 1.33 bits per heavy atom. The van der Waals surface area contributed by atoms with Gasteiger partial charge in [0.2, 0.25) is 0 Å². The molecule has 0 atom stereocenters. The van der Waals surface area contributed by atoms with Crippen LogP contribution in [0.15, 0.2) is 18.3 Å². The molecule has 2 aromatic rings. The monoisotopic (exact) mass is 246 g/mol. The molecule has 0 spiro atoms. The first-order valence-corrected chi connectivity index (χ1v) is 6.02. The number of nitro benzene ring substituents is 1. The minimum Gasteiger partial charge on any atom is -0.366 e. The summed E-state index contributed by atoms with van der Waals surface area (Å²) < 4.78 is 1.75. The average molecular weight is 246 g/mol. The highest BCUT2D eigenvalue weighted by atomic mass is 16.6. The molecule has 6 heteroatoms. The lowest BCUT2D eigenvalue weighted by atomic mass is 10.2. The number of rotatable bonds is 2. The van der Waals surface area contributed by atoms with E-state index in [1.165, 1.54) is 0 Å². The van der Waals surface area contributed by atoms with Crippen LogP contribution in [0.5, 0.6) is 0 Å². The molecule has 0 N–H and O–H groups in total. The molecule has 2 heterocycles. The third-order valence-electron chi connectivity index (χ3n) is 3.49. The maximum absolute atomic E-state index is 11.2. The fraction of sp³-hybridized carbons (Fsp3) is 0.417. The van der Waals surface area contributed by atoms with E-state index >= 15 is 0 Å². The van der Waals surface area contributed by atoms with Crippen LogP contribution in [0, 0.1) is 10.1 Å². The summed E-state index contributed by atoms with van der Waals surface area (Å²) in [6.45, 7) is 1.79. The van der Waals surface area contributed by atoms with Gasteiger partial charge in [-0.1, -0.05) is 0 Å². The van der Waals surface area contributed by atoms with Crippen molar-refractivity contribution >= 4 is 22.3 Å². The fourth-order valence-corrected chi connectivity index (χ4v) is 2.53. The largest absolute Gasteiger partial charge is 0.366 e. The zero-order valence-corrected chi connectivity index (χ0v) is 10.2. The van der Waals surface area contributed by atoms with Gasteiger partial charge in [-0.2, -0.15) is 5.10 Å². The van der Waals surface area contributed by atoms with Gasteiger partial charge in [0.05, 0.1) is 16.6 Å². The van der Waals surface area contributed by atoms with Crippen LogP contribution in [0.2, 0.25) is 0 Å². The van der Waals surface area contributed by atoms with Crippen molar-refractivity contribution in [3.8, 4) is 0 Å². The number of hydrogen-bond acceptors (Lipinski definition) is 4. The molecule has 0 radical (unpaired) electrons. The van der Waals surface area contributed by atoms with E-state index in [1.807, 2.05) is 13.1 Å². The molecule has 18 heavy (non-hydrogen) atoms. The van der Waals surface area contributed by atoms with Crippen LogP contribution in [-0.2, 0) is 7.05 Å². The Balaban J connectivity index is 2.21. The number of benzene rings is 1. The minimum atomic E-state index is -0.305. The minimum absolute atomic E-state index is 0.178. The first-order chi connectivity index (χ1) is 8.66. The second-order valence-electron chi connectivity index (χ2n) is 4.62. The van der Waals surface area contributed by atoms with E-state index in [9.17, 15) is 10.1 Å². The predicted molar refractivity (Wildman–Crippen MR) is 68.8 cm³/mol. The zero-order valence-electron chi connectivity index (χ0n) is 10.2. The van der Waals surface area contributed by atoms with Crippen LogP contribution < -0.4 is 4.90 Å². The van der Waals surface area contributed by atoms with E-state index in [1.54, 1.807) is 16.9 Å². The second-order valence-corrected chi connectivity index (χ2v) is 4.62. The van der Waals surface area contributed by atoms with E-state index < -0.39 is 0 Å². The summed E-state index contributed by atoms with van der Waals surface area (Å²) in [5, 5.41) is 16.1. The smallest absolute Gasteiger partial charge is 0.293 e. The van der Waals surface area contributed by atoms with Gasteiger partial charge in [0, 0.05) is 31.6 Å². The van der Waals surface area contributed by atoms with Crippen LogP contribution in [0.25, 0.3) is 10.9 Å². The molecule has 1 saturated heterocycles. The number of aromatic nitrogens is 2. The average Bonchev–Trinajstić information content (AvgIpc) is 2.98. The molecule has 0 amide bonds. The molecular formula is C12H14N4O2. The summed E-state index contributed by atoms with van der Waals surface area (Å²) in [5.41, 5.74) is 1.83. The van der Waals surface area contributed by atoms with Gasteiger partial charge in [-0.3, -0.25) is 14.8 Å². The Bertz CT molecular complexity index is 614. The summed E-state index contributed by atoms with van der Waals surface area (Å²) in [6, 6.07) is 3.50. The van der Waals surface area contributed by atoms with Gasteiger partial charge >= 0.3 is 0 Å². The molecule has 0 unspecified atom stereocenters. The highest BCUT2D eigenvalue weighted by Gasteiger charge is 2.23. The molecule has 3 rings (SSSR count). The summed E-state index contributed by atoms with van der Waals surface area (Å²) in [7, 11) is 1.85. The van der Waals surface area contributed by atoms with Crippen molar-refractivity contribution in [2.45, 2.75) is 12.8 Å². The molecule has 94 valence electrons. The SMILES string of the molecule is Cn1ncc2cc([N+](=O)[O-])c(N3CCCC3)cc21. The van der Waals surface area contributed by atoms with Gasteiger partial charge in [-0.05, 0) is 18.9 Å². The van der Waals surface area contributed by atoms with Crippen molar-refractivity contribution in [2.24, 2.45) is 7.05 Å². The molecule has 1 aromatic heterocycles. The Kier molecular flexibility index (Phi) is 2.43. The van der Waals surface area contributed by atoms with Crippen LogP contribution in [0.4, 0.5) is 11.4 Å². The van der Waals surface area contributed by atoms with Crippen molar-refractivity contribution in [3.05, 3.63) is 28.4 Å². The van der Waals surface area contributed by atoms with Crippen LogP contribution in [-0.4, -0.2) is 27.8 Å². The number of hydrogen-bond donors (Lipinski definition) is 0. The second kappa shape index (κ2) is 3.97. The van der Waals surface area contributed by atoms with Gasteiger partial charge in [0.1, 0.15) is 5.69 Å². The number of anilines is 1. The van der Waals surface area contributed by atoms with Gasteiger partial charge in [-0.25, -0.2) is 0 Å². The summed E-state index contributed by atoms with van der Waals surface area (Å²) in [6.07, 6.45) is 3.86. The summed E-state index contributed by atoms with van der Waals surface area (Å²) in [4.78, 5) is 13.0. The first-order valence-electron chi connectivity index (χ1n) is 6.02. The van der Waals surface area contributed by atoms with Crippen molar-refractivity contribution in [1.29, 1.82) is 0 Å². The Morgan fingerprint density at radius 2 is 2.06 bits per heavy atom. The van der Waals surface area contributed by atoms with Crippen molar-refractivity contribution in [3.63, 3.8) is 0 Å². The van der Waals surface area contributed by atoms with E-state index in [0.29, 0.717) is 5.69 Å². The lowest BCUT2D eigenvalue weighted by Gasteiger charge is -2.17. The topological polar surface area (TPSA) is 64.2 Å². The van der Waals surface area contributed by atoms with E-state index in [-0.39, 0.29) is 10.6 Å². The summed E-state index contributed by atoms with van der Waals surface area (Å²) >= 11 is 0. The molecule has 1 aliphatic rings. The number of nitrogens with zero attached hydrogens (tertiary/aromatic N) is 4. The molecular weight excluding hydrogens is 232 g/mol. The van der Waals surface area contributed by atoms with Crippen LogP contribution in [0.3, 0.4) is 0 Å². The highest BCUT2D eigenvalue weighted by molar-refractivity contribution is 5.88. The maximum Gasteiger partial charge on any atom is 0.293 e. The molecule has 1 aliphatic heterocycles. The third-order valence-corrected chi connectivity index (χ3v) is 3.49. The molecule has 0 saturated carbocycles. The quantitative estimate of drug-likeness (QED) is 0.601. The fourth-order valence-electron chi connectivity index (χ4n) is 2.53. The van der Waals surface area contributed by atoms with Gasteiger partial charge < -0.3 is 4.90 Å². The maximum atomic E-state index is 11.2.